The van der Waals surface area contributed by atoms with Crippen LogP contribution in [-0.4, -0.2) is 21.5 Å². The van der Waals surface area contributed by atoms with Crippen molar-refractivity contribution in [1.29, 1.82) is 0 Å². The number of benzene rings is 1. The Bertz CT molecular complexity index is 982. The molecule has 0 radical (unpaired) electrons. The SMILES string of the molecule is Cc1csc(N2CCc3[nH]cnc3[C@H]2c2cc3ccccc3o2)n1. The Hall–Kier alpha value is -2.60. The van der Waals surface area contributed by atoms with Crippen LogP contribution in [0.25, 0.3) is 11.0 Å². The molecule has 5 nitrogen and oxygen atoms in total. The number of hydrogen-bond acceptors (Lipinski definition) is 5. The third-order valence-corrected chi connectivity index (χ3v) is 5.49. The Labute approximate surface area is 143 Å². The second-order valence-corrected chi connectivity index (χ2v) is 6.91. The summed E-state index contributed by atoms with van der Waals surface area (Å²) in [6.07, 6.45) is 2.71. The maximum absolute atomic E-state index is 6.17. The third-order valence-electron chi connectivity index (χ3n) is 4.49. The maximum Gasteiger partial charge on any atom is 0.186 e. The number of nitrogens with zero attached hydrogens (tertiary/aromatic N) is 3. The summed E-state index contributed by atoms with van der Waals surface area (Å²) >= 11 is 1.67. The number of hydrogen-bond donors (Lipinski definition) is 1. The summed E-state index contributed by atoms with van der Waals surface area (Å²) in [5, 5.41) is 4.22. The van der Waals surface area contributed by atoms with Crippen LogP contribution < -0.4 is 4.90 Å². The fourth-order valence-corrected chi connectivity index (χ4v) is 4.24. The average molecular weight is 336 g/mol. The lowest BCUT2D eigenvalue weighted by atomic mass is 10.0. The zero-order valence-corrected chi connectivity index (χ0v) is 14.0. The van der Waals surface area contributed by atoms with Gasteiger partial charge in [-0.15, -0.1) is 11.3 Å². The van der Waals surface area contributed by atoms with Crippen molar-refractivity contribution in [2.75, 3.05) is 11.4 Å². The molecule has 1 aromatic carbocycles. The lowest BCUT2D eigenvalue weighted by Crippen LogP contribution is -2.36. The van der Waals surface area contributed by atoms with Crippen LogP contribution in [0.15, 0.2) is 46.5 Å². The summed E-state index contributed by atoms with van der Waals surface area (Å²) in [5.74, 6) is 0.914. The minimum Gasteiger partial charge on any atom is -0.458 e. The van der Waals surface area contributed by atoms with Gasteiger partial charge in [0.1, 0.15) is 17.4 Å². The number of imidazole rings is 1. The van der Waals surface area contributed by atoms with E-state index in [0.717, 1.165) is 46.2 Å². The van der Waals surface area contributed by atoms with Crippen molar-refractivity contribution in [3.05, 3.63) is 64.9 Å². The summed E-state index contributed by atoms with van der Waals surface area (Å²) in [6, 6.07) is 10.2. The van der Waals surface area contributed by atoms with Gasteiger partial charge < -0.3 is 14.3 Å². The van der Waals surface area contributed by atoms with Gasteiger partial charge in [0, 0.05) is 29.4 Å². The molecule has 0 aliphatic carbocycles. The number of nitrogens with one attached hydrogen (secondary N) is 1. The standard InChI is InChI=1S/C18H16N4OS/c1-11-9-24-18(21-11)22-7-6-13-16(20-10-19-13)17(22)15-8-12-4-2-3-5-14(12)23-15/h2-5,8-10,17H,6-7H2,1H3,(H,19,20)/t17-/m1/s1. The summed E-state index contributed by atoms with van der Waals surface area (Å²) < 4.78 is 6.17. The predicted molar refractivity (Wildman–Crippen MR) is 94.5 cm³/mol. The topological polar surface area (TPSA) is 58.0 Å². The van der Waals surface area contributed by atoms with Crippen molar-refractivity contribution in [2.24, 2.45) is 0 Å². The highest BCUT2D eigenvalue weighted by molar-refractivity contribution is 7.13. The van der Waals surface area contributed by atoms with Gasteiger partial charge in [-0.2, -0.15) is 0 Å². The van der Waals surface area contributed by atoms with E-state index in [1.54, 1.807) is 17.7 Å². The van der Waals surface area contributed by atoms with Gasteiger partial charge in [-0.05, 0) is 19.1 Å². The van der Waals surface area contributed by atoms with Crippen molar-refractivity contribution in [2.45, 2.75) is 19.4 Å². The predicted octanol–water partition coefficient (Wildman–Crippen LogP) is 4.07. The summed E-state index contributed by atoms with van der Waals surface area (Å²) in [4.78, 5) is 14.8. The van der Waals surface area contributed by atoms with Gasteiger partial charge >= 0.3 is 0 Å². The van der Waals surface area contributed by atoms with E-state index in [1.807, 2.05) is 25.1 Å². The number of thiazole rings is 1. The smallest absolute Gasteiger partial charge is 0.186 e. The first kappa shape index (κ1) is 13.8. The molecule has 0 fully saturated rings. The van der Waals surface area contributed by atoms with Crippen LogP contribution >= 0.6 is 11.3 Å². The van der Waals surface area contributed by atoms with Gasteiger partial charge in [-0.25, -0.2) is 9.97 Å². The van der Waals surface area contributed by atoms with Gasteiger partial charge in [-0.3, -0.25) is 0 Å². The van der Waals surface area contributed by atoms with E-state index >= 15 is 0 Å². The largest absolute Gasteiger partial charge is 0.458 e. The molecule has 120 valence electrons. The van der Waals surface area contributed by atoms with Crippen LogP contribution in [0.5, 0.6) is 0 Å². The molecule has 4 heterocycles. The van der Waals surface area contributed by atoms with Crippen LogP contribution in [0.3, 0.4) is 0 Å². The van der Waals surface area contributed by atoms with E-state index in [9.17, 15) is 0 Å². The maximum atomic E-state index is 6.17. The summed E-state index contributed by atoms with van der Waals surface area (Å²) in [7, 11) is 0. The Balaban J connectivity index is 1.68. The van der Waals surface area contributed by atoms with Gasteiger partial charge in [0.2, 0.25) is 0 Å². The van der Waals surface area contributed by atoms with Crippen LogP contribution in [0, 0.1) is 6.92 Å². The lowest BCUT2D eigenvalue weighted by molar-refractivity contribution is 0.487. The molecule has 6 heteroatoms. The molecule has 4 aromatic rings. The van der Waals surface area contributed by atoms with E-state index in [1.165, 1.54) is 5.69 Å². The summed E-state index contributed by atoms with van der Waals surface area (Å²) in [5.41, 5.74) is 4.18. The highest BCUT2D eigenvalue weighted by Gasteiger charge is 2.34. The van der Waals surface area contributed by atoms with E-state index in [-0.39, 0.29) is 6.04 Å². The number of aromatic amines is 1. The number of furan rings is 1. The van der Waals surface area contributed by atoms with Crippen molar-refractivity contribution in [3.63, 3.8) is 0 Å². The molecule has 0 bridgehead atoms. The zero-order chi connectivity index (χ0) is 16.1. The van der Waals surface area contributed by atoms with Crippen molar-refractivity contribution in [1.82, 2.24) is 15.0 Å². The fraction of sp³-hybridized carbons (Fsp3) is 0.222. The van der Waals surface area contributed by atoms with E-state index in [4.69, 9.17) is 4.42 Å². The monoisotopic (exact) mass is 336 g/mol. The Kier molecular flexibility index (Phi) is 2.99. The first-order chi connectivity index (χ1) is 11.8. The minimum absolute atomic E-state index is 0.0436. The van der Waals surface area contributed by atoms with Gasteiger partial charge in [0.15, 0.2) is 5.13 Å². The molecular weight excluding hydrogens is 320 g/mol. The van der Waals surface area contributed by atoms with Crippen molar-refractivity contribution in [3.8, 4) is 0 Å². The molecule has 5 rings (SSSR count). The van der Waals surface area contributed by atoms with E-state index < -0.39 is 0 Å². The molecule has 1 atom stereocenters. The Morgan fingerprint density at radius 1 is 1.33 bits per heavy atom. The first-order valence-corrected chi connectivity index (χ1v) is 8.87. The number of aryl methyl sites for hydroxylation is 1. The molecule has 1 aliphatic rings. The number of rotatable bonds is 2. The molecule has 0 saturated carbocycles. The molecular formula is C18H16N4OS. The second kappa shape index (κ2) is 5.21. The molecule has 0 amide bonds. The Morgan fingerprint density at radius 3 is 3.08 bits per heavy atom. The highest BCUT2D eigenvalue weighted by Crippen LogP contribution is 2.39. The molecule has 0 unspecified atom stereocenters. The van der Waals surface area contributed by atoms with Gasteiger partial charge in [0.25, 0.3) is 0 Å². The van der Waals surface area contributed by atoms with Crippen LogP contribution in [0.1, 0.15) is 28.9 Å². The quantitative estimate of drug-likeness (QED) is 0.599. The molecule has 1 aliphatic heterocycles. The molecule has 0 spiro atoms. The van der Waals surface area contributed by atoms with E-state index in [0.29, 0.717) is 0 Å². The molecule has 24 heavy (non-hydrogen) atoms. The zero-order valence-electron chi connectivity index (χ0n) is 13.2. The van der Waals surface area contributed by atoms with Crippen LogP contribution in [0.2, 0.25) is 0 Å². The molecule has 0 saturated heterocycles. The number of fused-ring (bicyclic) bond motifs is 2. The number of anilines is 1. The first-order valence-electron chi connectivity index (χ1n) is 7.99. The second-order valence-electron chi connectivity index (χ2n) is 6.07. The highest BCUT2D eigenvalue weighted by atomic mass is 32.1. The Morgan fingerprint density at radius 2 is 2.25 bits per heavy atom. The average Bonchev–Trinajstić information content (AvgIpc) is 3.32. The van der Waals surface area contributed by atoms with Gasteiger partial charge in [0.05, 0.1) is 17.7 Å². The number of para-hydroxylation sites is 1. The molecule has 3 aromatic heterocycles. The van der Waals surface area contributed by atoms with Crippen molar-refractivity contribution < 1.29 is 4.42 Å². The number of H-pyrrole nitrogens is 1. The van der Waals surface area contributed by atoms with Crippen LogP contribution in [-0.2, 0) is 6.42 Å². The minimum atomic E-state index is -0.0436. The van der Waals surface area contributed by atoms with Crippen molar-refractivity contribution >= 4 is 27.4 Å². The summed E-state index contributed by atoms with van der Waals surface area (Å²) in [6.45, 7) is 2.92. The normalized spacial score (nSPS) is 17.4. The lowest BCUT2D eigenvalue weighted by Gasteiger charge is -2.33. The molecule has 1 N–H and O–H groups in total. The van der Waals surface area contributed by atoms with E-state index in [2.05, 4.69) is 37.4 Å². The van der Waals surface area contributed by atoms with Gasteiger partial charge in [-0.1, -0.05) is 18.2 Å². The number of aromatic nitrogens is 3. The third kappa shape index (κ3) is 2.06. The fourth-order valence-electron chi connectivity index (χ4n) is 3.38. The van der Waals surface area contributed by atoms with Crippen LogP contribution in [0.4, 0.5) is 5.13 Å².